The molecule has 0 saturated carbocycles. The highest BCUT2D eigenvalue weighted by atomic mass is 16.2. The third kappa shape index (κ3) is 3.89. The van der Waals surface area contributed by atoms with Crippen LogP contribution in [0.15, 0.2) is 36.5 Å². The minimum absolute atomic E-state index is 0.00424. The Morgan fingerprint density at radius 1 is 1.19 bits per heavy atom. The van der Waals surface area contributed by atoms with Crippen molar-refractivity contribution in [1.29, 1.82) is 0 Å². The van der Waals surface area contributed by atoms with Crippen LogP contribution in [-0.2, 0) is 24.2 Å². The van der Waals surface area contributed by atoms with E-state index in [1.54, 1.807) is 6.20 Å². The van der Waals surface area contributed by atoms with Gasteiger partial charge >= 0.3 is 0 Å². The summed E-state index contributed by atoms with van der Waals surface area (Å²) < 4.78 is 1.96. The summed E-state index contributed by atoms with van der Waals surface area (Å²) in [7, 11) is 0. The van der Waals surface area contributed by atoms with Crippen LogP contribution in [-0.4, -0.2) is 46.1 Å². The second-order valence-corrected chi connectivity index (χ2v) is 7.79. The van der Waals surface area contributed by atoms with Crippen molar-refractivity contribution in [3.8, 4) is 0 Å². The number of benzene rings is 1. The number of nitrogens with zero attached hydrogens (tertiary/aromatic N) is 3. The van der Waals surface area contributed by atoms with Crippen LogP contribution in [0.4, 0.5) is 0 Å². The lowest BCUT2D eigenvalue weighted by Gasteiger charge is -2.39. The molecule has 0 spiro atoms. The molecule has 1 aromatic carbocycles. The maximum atomic E-state index is 12.9. The first-order valence-corrected chi connectivity index (χ1v) is 9.72. The number of fused-ring (bicyclic) bond motifs is 1. The normalized spacial score (nSPS) is 19.3. The molecule has 1 atom stereocenters. The molecule has 1 unspecified atom stereocenters. The topological polar surface area (TPSA) is 67.2 Å². The molecule has 2 aliphatic rings. The van der Waals surface area contributed by atoms with Crippen LogP contribution >= 0.6 is 0 Å². The molecular formula is C21H26N4O2. The van der Waals surface area contributed by atoms with Gasteiger partial charge in [0.15, 0.2) is 0 Å². The van der Waals surface area contributed by atoms with E-state index in [1.807, 2.05) is 15.6 Å². The van der Waals surface area contributed by atoms with Crippen LogP contribution in [0.2, 0.25) is 0 Å². The van der Waals surface area contributed by atoms with E-state index >= 15 is 0 Å². The van der Waals surface area contributed by atoms with Gasteiger partial charge in [-0.25, -0.2) is 0 Å². The summed E-state index contributed by atoms with van der Waals surface area (Å²) in [6.07, 6.45) is 4.52. The summed E-state index contributed by atoms with van der Waals surface area (Å²) in [6.45, 7) is 4.64. The van der Waals surface area contributed by atoms with Crippen molar-refractivity contribution < 1.29 is 9.59 Å². The molecule has 1 saturated heterocycles. The van der Waals surface area contributed by atoms with E-state index in [-0.39, 0.29) is 11.8 Å². The van der Waals surface area contributed by atoms with E-state index in [0.717, 1.165) is 50.2 Å². The largest absolute Gasteiger partial charge is 0.356 e. The number of aromatic nitrogens is 2. The van der Waals surface area contributed by atoms with Crippen molar-refractivity contribution >= 4 is 11.8 Å². The Hall–Kier alpha value is -2.63. The summed E-state index contributed by atoms with van der Waals surface area (Å²) in [5.74, 6) is 0.998. The molecule has 1 N–H and O–H groups in total. The summed E-state index contributed by atoms with van der Waals surface area (Å²) in [5, 5.41) is 7.31. The Kier molecular flexibility index (Phi) is 4.97. The van der Waals surface area contributed by atoms with E-state index in [0.29, 0.717) is 18.4 Å². The second kappa shape index (κ2) is 7.55. The number of rotatable bonds is 5. The highest BCUT2D eigenvalue weighted by Crippen LogP contribution is 2.27. The number of hydrogen-bond donors (Lipinski definition) is 1. The van der Waals surface area contributed by atoms with Gasteiger partial charge in [-0.2, -0.15) is 5.10 Å². The quantitative estimate of drug-likeness (QED) is 0.879. The number of aryl methyl sites for hydroxylation is 1. The molecule has 1 fully saturated rings. The zero-order valence-electron chi connectivity index (χ0n) is 15.7. The molecule has 4 rings (SSSR count). The average molecular weight is 366 g/mol. The zero-order valence-corrected chi connectivity index (χ0v) is 15.7. The van der Waals surface area contributed by atoms with Crippen LogP contribution < -0.4 is 5.32 Å². The Morgan fingerprint density at radius 2 is 1.96 bits per heavy atom. The van der Waals surface area contributed by atoms with Crippen LogP contribution in [0.3, 0.4) is 0 Å². The minimum atomic E-state index is -0.00424. The van der Waals surface area contributed by atoms with Crippen LogP contribution in [0.5, 0.6) is 0 Å². The van der Waals surface area contributed by atoms with Gasteiger partial charge in [0.25, 0.3) is 5.91 Å². The molecule has 6 heteroatoms. The monoisotopic (exact) mass is 366 g/mol. The summed E-state index contributed by atoms with van der Waals surface area (Å²) >= 11 is 0. The van der Waals surface area contributed by atoms with Crippen molar-refractivity contribution in [2.24, 2.45) is 11.8 Å². The first kappa shape index (κ1) is 17.8. The maximum absolute atomic E-state index is 12.9. The molecule has 2 aromatic rings. The van der Waals surface area contributed by atoms with Gasteiger partial charge in [0.1, 0.15) is 0 Å². The minimum Gasteiger partial charge on any atom is -0.356 e. The zero-order chi connectivity index (χ0) is 18.8. The third-order valence-corrected chi connectivity index (χ3v) is 5.66. The lowest BCUT2D eigenvalue weighted by molar-refractivity contribution is -0.119. The third-order valence-electron chi connectivity index (χ3n) is 5.66. The van der Waals surface area contributed by atoms with Gasteiger partial charge in [-0.3, -0.25) is 14.3 Å². The molecule has 142 valence electrons. The first-order valence-electron chi connectivity index (χ1n) is 9.72. The Morgan fingerprint density at radius 3 is 2.70 bits per heavy atom. The first-order chi connectivity index (χ1) is 13.1. The predicted molar refractivity (Wildman–Crippen MR) is 102 cm³/mol. The molecule has 6 nitrogen and oxygen atoms in total. The van der Waals surface area contributed by atoms with Crippen molar-refractivity contribution in [2.75, 3.05) is 19.6 Å². The standard InChI is InChI=1S/C21H26N4O2/c1-15(26)22-11-17-7-8-25-20(10-17)19(12-23-25)21(27)24-13-18(14-24)9-16-5-3-2-4-6-16/h2-6,12,17-18H,7-11,13-14H2,1H3,(H,22,26). The molecule has 0 aliphatic carbocycles. The van der Waals surface area contributed by atoms with Gasteiger partial charge in [0, 0.05) is 33.1 Å². The van der Waals surface area contributed by atoms with Gasteiger partial charge in [-0.15, -0.1) is 0 Å². The van der Waals surface area contributed by atoms with Crippen molar-refractivity contribution in [3.05, 3.63) is 53.3 Å². The predicted octanol–water partition coefficient (Wildman–Crippen LogP) is 1.90. The van der Waals surface area contributed by atoms with Crippen LogP contribution in [0, 0.1) is 11.8 Å². The van der Waals surface area contributed by atoms with E-state index in [2.05, 4.69) is 34.7 Å². The molecular weight excluding hydrogens is 340 g/mol. The van der Waals surface area contributed by atoms with E-state index in [1.165, 1.54) is 12.5 Å². The highest BCUT2D eigenvalue weighted by molar-refractivity contribution is 5.95. The van der Waals surface area contributed by atoms with Crippen LogP contribution in [0.1, 0.15) is 35.0 Å². The molecule has 27 heavy (non-hydrogen) atoms. The number of carbonyl (C=O) groups excluding carboxylic acids is 2. The number of hydrogen-bond acceptors (Lipinski definition) is 3. The van der Waals surface area contributed by atoms with Gasteiger partial charge in [0.2, 0.25) is 5.91 Å². The molecule has 3 heterocycles. The van der Waals surface area contributed by atoms with E-state index < -0.39 is 0 Å². The highest BCUT2D eigenvalue weighted by Gasteiger charge is 2.34. The van der Waals surface area contributed by atoms with Crippen molar-refractivity contribution in [1.82, 2.24) is 20.0 Å². The Labute approximate surface area is 159 Å². The molecule has 2 amide bonds. The lowest BCUT2D eigenvalue weighted by atomic mass is 9.90. The lowest BCUT2D eigenvalue weighted by Crippen LogP contribution is -2.51. The molecule has 1 aromatic heterocycles. The number of nitrogens with one attached hydrogen (secondary N) is 1. The second-order valence-electron chi connectivity index (χ2n) is 7.79. The average Bonchev–Trinajstić information content (AvgIpc) is 3.06. The van der Waals surface area contributed by atoms with Gasteiger partial charge in [0.05, 0.1) is 17.5 Å². The van der Waals surface area contributed by atoms with Crippen molar-refractivity contribution in [2.45, 2.75) is 32.7 Å². The number of carbonyl (C=O) groups is 2. The van der Waals surface area contributed by atoms with E-state index in [9.17, 15) is 9.59 Å². The number of likely N-dealkylation sites (tertiary alicyclic amines) is 1. The Bertz CT molecular complexity index is 824. The molecule has 2 aliphatic heterocycles. The molecule has 0 radical (unpaired) electrons. The SMILES string of the molecule is CC(=O)NCC1CCn2ncc(C(=O)N3CC(Cc4ccccc4)C3)c2C1. The summed E-state index contributed by atoms with van der Waals surface area (Å²) in [6, 6.07) is 10.4. The van der Waals surface area contributed by atoms with Gasteiger partial charge in [-0.1, -0.05) is 30.3 Å². The fourth-order valence-electron chi connectivity index (χ4n) is 4.12. The number of amides is 2. The van der Waals surface area contributed by atoms with Gasteiger partial charge < -0.3 is 10.2 Å². The van der Waals surface area contributed by atoms with Gasteiger partial charge in [-0.05, 0) is 36.7 Å². The fourth-order valence-corrected chi connectivity index (χ4v) is 4.12. The summed E-state index contributed by atoms with van der Waals surface area (Å²) in [5.41, 5.74) is 3.09. The van der Waals surface area contributed by atoms with Crippen LogP contribution in [0.25, 0.3) is 0 Å². The fraction of sp³-hybridized carbons (Fsp3) is 0.476. The smallest absolute Gasteiger partial charge is 0.257 e. The molecule has 0 bridgehead atoms. The summed E-state index contributed by atoms with van der Waals surface area (Å²) in [4.78, 5) is 26.0. The maximum Gasteiger partial charge on any atom is 0.257 e. The Balaban J connectivity index is 1.36. The van der Waals surface area contributed by atoms with Crippen molar-refractivity contribution in [3.63, 3.8) is 0 Å². The van der Waals surface area contributed by atoms with E-state index in [4.69, 9.17) is 0 Å².